The predicted octanol–water partition coefficient (Wildman–Crippen LogP) is -0.0672. The lowest BCUT2D eigenvalue weighted by atomic mass is 9.87. The van der Waals surface area contributed by atoms with E-state index in [1.54, 1.807) is 0 Å². The molecule has 2 atom stereocenters. The van der Waals surface area contributed by atoms with Gasteiger partial charge in [-0.2, -0.15) is 0 Å². The number of hydrogen-bond acceptors (Lipinski definition) is 3. The standard InChI is InChI=1S/C8H17NO2/c1-6(8(10)11)7-3-2-4-9-5-7/h6-11H,2-5H2,1H3. The van der Waals surface area contributed by atoms with Crippen molar-refractivity contribution >= 4 is 0 Å². The van der Waals surface area contributed by atoms with E-state index in [-0.39, 0.29) is 5.92 Å². The summed E-state index contributed by atoms with van der Waals surface area (Å²) in [7, 11) is 0. The molecule has 2 unspecified atom stereocenters. The molecule has 1 saturated heterocycles. The van der Waals surface area contributed by atoms with Crippen LogP contribution in [0.5, 0.6) is 0 Å². The Morgan fingerprint density at radius 1 is 1.45 bits per heavy atom. The minimum Gasteiger partial charge on any atom is -0.368 e. The van der Waals surface area contributed by atoms with Crippen molar-refractivity contribution in [3.05, 3.63) is 0 Å². The maximum atomic E-state index is 8.90. The monoisotopic (exact) mass is 159 g/mol. The van der Waals surface area contributed by atoms with Crippen molar-refractivity contribution in [3.8, 4) is 0 Å². The summed E-state index contributed by atoms with van der Waals surface area (Å²) in [6.07, 6.45) is 1.12. The average Bonchev–Trinajstić information content (AvgIpc) is 2.05. The fraction of sp³-hybridized carbons (Fsp3) is 1.00. The number of aliphatic hydroxyl groups excluding tert-OH is 1. The lowest BCUT2D eigenvalue weighted by Crippen LogP contribution is -2.37. The van der Waals surface area contributed by atoms with E-state index in [0.717, 1.165) is 25.9 Å². The van der Waals surface area contributed by atoms with Crippen LogP contribution in [-0.2, 0) is 0 Å². The zero-order valence-electron chi connectivity index (χ0n) is 6.95. The van der Waals surface area contributed by atoms with Crippen LogP contribution in [-0.4, -0.2) is 29.6 Å². The molecule has 1 heterocycles. The van der Waals surface area contributed by atoms with Crippen molar-refractivity contribution in [2.45, 2.75) is 26.1 Å². The van der Waals surface area contributed by atoms with Crippen LogP contribution in [0.4, 0.5) is 0 Å². The van der Waals surface area contributed by atoms with Gasteiger partial charge in [0.05, 0.1) is 0 Å². The van der Waals surface area contributed by atoms with Gasteiger partial charge < -0.3 is 15.5 Å². The number of aliphatic hydroxyl groups is 2. The molecule has 1 aliphatic rings. The topological polar surface area (TPSA) is 52.5 Å². The third-order valence-corrected chi connectivity index (χ3v) is 2.55. The molecule has 3 nitrogen and oxygen atoms in total. The van der Waals surface area contributed by atoms with Crippen LogP contribution in [0.1, 0.15) is 19.8 Å². The number of nitrogens with one attached hydrogen (secondary N) is 1. The van der Waals surface area contributed by atoms with Gasteiger partial charge in [-0.05, 0) is 31.8 Å². The third kappa shape index (κ3) is 2.43. The van der Waals surface area contributed by atoms with Crippen LogP contribution in [0.2, 0.25) is 0 Å². The zero-order chi connectivity index (χ0) is 8.27. The van der Waals surface area contributed by atoms with Crippen LogP contribution in [0, 0.1) is 11.8 Å². The van der Waals surface area contributed by atoms with Gasteiger partial charge in [0.2, 0.25) is 0 Å². The van der Waals surface area contributed by atoms with E-state index >= 15 is 0 Å². The van der Waals surface area contributed by atoms with Gasteiger partial charge in [0, 0.05) is 5.92 Å². The molecule has 0 aromatic rings. The molecule has 1 fully saturated rings. The van der Waals surface area contributed by atoms with Gasteiger partial charge in [0.1, 0.15) is 0 Å². The molecule has 1 aliphatic heterocycles. The van der Waals surface area contributed by atoms with Crippen molar-refractivity contribution in [2.24, 2.45) is 11.8 Å². The van der Waals surface area contributed by atoms with E-state index in [9.17, 15) is 0 Å². The van der Waals surface area contributed by atoms with Crippen molar-refractivity contribution in [3.63, 3.8) is 0 Å². The second-order valence-corrected chi connectivity index (χ2v) is 3.38. The van der Waals surface area contributed by atoms with Gasteiger partial charge in [-0.15, -0.1) is 0 Å². The Morgan fingerprint density at radius 2 is 2.18 bits per heavy atom. The fourth-order valence-electron chi connectivity index (χ4n) is 1.57. The van der Waals surface area contributed by atoms with E-state index in [1.807, 2.05) is 6.92 Å². The summed E-state index contributed by atoms with van der Waals surface area (Å²) in [5.74, 6) is 0.437. The largest absolute Gasteiger partial charge is 0.368 e. The summed E-state index contributed by atoms with van der Waals surface area (Å²) in [6.45, 7) is 3.89. The quantitative estimate of drug-likeness (QED) is 0.494. The Bertz CT molecular complexity index is 111. The molecule has 0 bridgehead atoms. The summed E-state index contributed by atoms with van der Waals surface area (Å²) in [5.41, 5.74) is 0. The molecular formula is C8H17NO2. The minimum absolute atomic E-state index is 0.00259. The van der Waals surface area contributed by atoms with E-state index in [4.69, 9.17) is 10.2 Å². The SMILES string of the molecule is CC(C(O)O)C1CCCNC1. The smallest absolute Gasteiger partial charge is 0.154 e. The Balaban J connectivity index is 2.32. The fourth-order valence-corrected chi connectivity index (χ4v) is 1.57. The van der Waals surface area contributed by atoms with Crippen LogP contribution in [0.3, 0.4) is 0 Å². The summed E-state index contributed by atoms with van der Waals surface area (Å²) in [6, 6.07) is 0. The first-order valence-electron chi connectivity index (χ1n) is 4.28. The first-order valence-corrected chi connectivity index (χ1v) is 4.28. The summed E-state index contributed by atoms with van der Waals surface area (Å²) >= 11 is 0. The highest BCUT2D eigenvalue weighted by molar-refractivity contribution is 4.74. The Labute approximate surface area is 67.4 Å². The highest BCUT2D eigenvalue weighted by Crippen LogP contribution is 2.21. The van der Waals surface area contributed by atoms with Crippen molar-refractivity contribution < 1.29 is 10.2 Å². The average molecular weight is 159 g/mol. The number of hydrogen-bond donors (Lipinski definition) is 3. The van der Waals surface area contributed by atoms with Crippen LogP contribution < -0.4 is 5.32 Å². The van der Waals surface area contributed by atoms with Gasteiger partial charge in [-0.25, -0.2) is 0 Å². The van der Waals surface area contributed by atoms with E-state index in [2.05, 4.69) is 5.32 Å². The lowest BCUT2D eigenvalue weighted by molar-refractivity contribution is -0.0964. The van der Waals surface area contributed by atoms with E-state index < -0.39 is 6.29 Å². The molecule has 1 rings (SSSR count). The summed E-state index contributed by atoms with van der Waals surface area (Å²) in [4.78, 5) is 0. The summed E-state index contributed by atoms with van der Waals surface area (Å²) < 4.78 is 0. The van der Waals surface area contributed by atoms with Gasteiger partial charge >= 0.3 is 0 Å². The molecule has 11 heavy (non-hydrogen) atoms. The molecule has 66 valence electrons. The van der Waals surface area contributed by atoms with Gasteiger partial charge in [0.15, 0.2) is 6.29 Å². The first kappa shape index (κ1) is 8.97. The van der Waals surface area contributed by atoms with Gasteiger partial charge in [-0.3, -0.25) is 0 Å². The maximum absolute atomic E-state index is 8.90. The summed E-state index contributed by atoms with van der Waals surface area (Å²) in [5, 5.41) is 21.1. The second-order valence-electron chi connectivity index (χ2n) is 3.38. The Hall–Kier alpha value is -0.120. The Kier molecular flexibility index (Phi) is 3.30. The molecule has 0 spiro atoms. The Morgan fingerprint density at radius 3 is 2.64 bits per heavy atom. The molecule has 0 radical (unpaired) electrons. The van der Waals surface area contributed by atoms with Crippen molar-refractivity contribution in [1.29, 1.82) is 0 Å². The molecule has 3 heteroatoms. The molecule has 0 aliphatic carbocycles. The van der Waals surface area contributed by atoms with E-state index in [0.29, 0.717) is 5.92 Å². The lowest BCUT2D eigenvalue weighted by Gasteiger charge is -2.29. The van der Waals surface area contributed by atoms with Crippen LogP contribution in [0.25, 0.3) is 0 Å². The van der Waals surface area contributed by atoms with Crippen LogP contribution in [0.15, 0.2) is 0 Å². The highest BCUT2D eigenvalue weighted by Gasteiger charge is 2.23. The van der Waals surface area contributed by atoms with Gasteiger partial charge in [0.25, 0.3) is 0 Å². The minimum atomic E-state index is -1.15. The predicted molar refractivity (Wildman–Crippen MR) is 43.0 cm³/mol. The molecular weight excluding hydrogens is 142 g/mol. The first-order chi connectivity index (χ1) is 5.22. The normalized spacial score (nSPS) is 28.9. The zero-order valence-corrected chi connectivity index (χ0v) is 6.95. The molecule has 3 N–H and O–H groups in total. The van der Waals surface area contributed by atoms with Crippen molar-refractivity contribution in [1.82, 2.24) is 5.32 Å². The highest BCUT2D eigenvalue weighted by atomic mass is 16.5. The van der Waals surface area contributed by atoms with Crippen LogP contribution >= 0.6 is 0 Å². The molecule has 0 amide bonds. The third-order valence-electron chi connectivity index (χ3n) is 2.55. The number of rotatable bonds is 2. The molecule has 0 saturated carbocycles. The van der Waals surface area contributed by atoms with Gasteiger partial charge in [-0.1, -0.05) is 6.92 Å². The maximum Gasteiger partial charge on any atom is 0.154 e. The number of piperidine rings is 1. The van der Waals surface area contributed by atoms with Crippen molar-refractivity contribution in [2.75, 3.05) is 13.1 Å². The molecule has 0 aromatic carbocycles. The van der Waals surface area contributed by atoms with E-state index in [1.165, 1.54) is 0 Å². The molecule has 0 aromatic heterocycles. The second kappa shape index (κ2) is 4.04.